The summed E-state index contributed by atoms with van der Waals surface area (Å²) in [7, 11) is 0. The zero-order valence-electron chi connectivity index (χ0n) is 53.2. The van der Waals surface area contributed by atoms with Crippen molar-refractivity contribution in [2.45, 2.75) is 418 Å². The van der Waals surface area contributed by atoms with Gasteiger partial charge in [-0.1, -0.05) is 359 Å². The van der Waals surface area contributed by atoms with E-state index >= 15 is 0 Å². The molecule has 0 aromatic carbocycles. The Morgan fingerprint density at radius 2 is 0.474 bits per heavy atom. The molecule has 0 bridgehead atoms. The average Bonchev–Trinajstić information content (AvgIpc) is 3.44. The van der Waals surface area contributed by atoms with Gasteiger partial charge in [-0.3, -0.25) is 9.59 Å². The van der Waals surface area contributed by atoms with Crippen molar-refractivity contribution >= 4 is 11.9 Å². The molecule has 78 heavy (non-hydrogen) atoms. The number of carbonyl (C=O) groups is 2. The molecule has 0 aliphatic carbocycles. The van der Waals surface area contributed by atoms with Crippen LogP contribution in [-0.4, -0.2) is 36.4 Å². The lowest BCUT2D eigenvalue weighted by molar-refractivity contribution is -0.161. The van der Waals surface area contributed by atoms with E-state index < -0.39 is 6.10 Å². The van der Waals surface area contributed by atoms with Gasteiger partial charge < -0.3 is 14.6 Å². The van der Waals surface area contributed by atoms with Crippen LogP contribution < -0.4 is 0 Å². The number of ether oxygens (including phenoxy) is 2. The second-order valence-electron chi connectivity index (χ2n) is 24.7. The first-order valence-electron chi connectivity index (χ1n) is 35.9. The third-order valence-corrected chi connectivity index (χ3v) is 16.7. The summed E-state index contributed by atoms with van der Waals surface area (Å²) in [5.41, 5.74) is 0. The Bertz CT molecular complexity index is 1200. The van der Waals surface area contributed by atoms with Gasteiger partial charge in [0.15, 0.2) is 6.10 Å². The van der Waals surface area contributed by atoms with E-state index in [1.54, 1.807) is 0 Å². The van der Waals surface area contributed by atoms with Crippen LogP contribution in [0.4, 0.5) is 0 Å². The van der Waals surface area contributed by atoms with Crippen LogP contribution in [0.1, 0.15) is 412 Å². The zero-order valence-corrected chi connectivity index (χ0v) is 53.2. The van der Waals surface area contributed by atoms with Gasteiger partial charge >= 0.3 is 11.9 Å². The maximum absolute atomic E-state index is 12.4. The topological polar surface area (TPSA) is 72.8 Å². The first kappa shape index (κ1) is 76.4. The average molecular weight is 1100 g/mol. The number of hydrogen-bond acceptors (Lipinski definition) is 5. The molecular weight excluding hydrogens is 957 g/mol. The summed E-state index contributed by atoms with van der Waals surface area (Å²) in [6, 6.07) is 0. The van der Waals surface area contributed by atoms with Crippen LogP contribution in [0.25, 0.3) is 0 Å². The highest BCUT2D eigenvalue weighted by Crippen LogP contribution is 2.19. The minimum absolute atomic E-state index is 0.0580. The molecule has 0 fully saturated rings. The molecule has 0 saturated carbocycles. The molecule has 0 heterocycles. The molecule has 462 valence electrons. The first-order valence-corrected chi connectivity index (χ1v) is 35.9. The van der Waals surface area contributed by atoms with Gasteiger partial charge in [-0.2, -0.15) is 0 Å². The highest BCUT2D eigenvalue weighted by atomic mass is 16.6. The summed E-state index contributed by atoms with van der Waals surface area (Å²) in [4.78, 5) is 24.7. The van der Waals surface area contributed by atoms with Gasteiger partial charge in [-0.05, 0) is 64.2 Å². The van der Waals surface area contributed by atoms with E-state index in [1.807, 2.05) is 0 Å². The Morgan fingerprint density at radius 3 is 0.692 bits per heavy atom. The number of hydrogen-bond donors (Lipinski definition) is 1. The van der Waals surface area contributed by atoms with Gasteiger partial charge in [-0.25, -0.2) is 0 Å². The number of aliphatic hydroxyl groups is 1. The third-order valence-electron chi connectivity index (χ3n) is 16.7. The van der Waals surface area contributed by atoms with Crippen LogP contribution in [0, 0.1) is 0 Å². The van der Waals surface area contributed by atoms with Crippen LogP contribution in [-0.2, 0) is 19.1 Å². The quantitative estimate of drug-likeness (QED) is 0.0373. The van der Waals surface area contributed by atoms with E-state index in [4.69, 9.17) is 9.47 Å². The molecular formula is C73H140O5. The molecule has 0 saturated heterocycles. The van der Waals surface area contributed by atoms with Crippen molar-refractivity contribution < 1.29 is 24.2 Å². The van der Waals surface area contributed by atoms with Gasteiger partial charge in [0.05, 0.1) is 6.61 Å². The number of unbranched alkanes of at least 4 members (excludes halogenated alkanes) is 56. The van der Waals surface area contributed by atoms with Gasteiger partial charge in [0.1, 0.15) is 6.61 Å². The number of rotatable bonds is 68. The minimum atomic E-state index is -0.769. The van der Waals surface area contributed by atoms with Crippen molar-refractivity contribution in [2.24, 2.45) is 0 Å². The maximum atomic E-state index is 12.4. The number of esters is 2. The lowest BCUT2D eigenvalue weighted by Crippen LogP contribution is -2.28. The van der Waals surface area contributed by atoms with Crippen LogP contribution >= 0.6 is 0 Å². The Labute approximate surface area is 489 Å². The number of aliphatic hydroxyl groups excluding tert-OH is 1. The summed E-state index contributed by atoms with van der Waals surface area (Å²) >= 11 is 0. The summed E-state index contributed by atoms with van der Waals surface area (Å²) in [5.74, 6) is -0.563. The standard InChI is InChI=1S/C73H140O5/c1-3-5-7-9-11-13-15-17-19-21-23-25-27-29-31-33-35-36-38-40-42-44-46-48-50-52-54-56-58-60-62-64-66-68-73(76)78-71(69-74)70-77-72(75)67-65-63-61-59-57-55-53-51-49-47-45-43-41-39-37-34-32-30-28-26-24-22-20-18-16-14-12-10-8-6-4-2/h21-24,71,74H,3-20,25-70H2,1-2H3/b23-21-,24-22-. The molecule has 0 radical (unpaired) electrons. The molecule has 0 rings (SSSR count). The van der Waals surface area contributed by atoms with Crippen molar-refractivity contribution in [1.82, 2.24) is 0 Å². The molecule has 5 nitrogen and oxygen atoms in total. The van der Waals surface area contributed by atoms with Crippen molar-refractivity contribution in [1.29, 1.82) is 0 Å². The Balaban J connectivity index is 3.37. The predicted molar refractivity (Wildman–Crippen MR) is 344 cm³/mol. The summed E-state index contributed by atoms with van der Waals surface area (Å²) in [6.07, 6.45) is 90.9. The number of carbonyl (C=O) groups excluding carboxylic acids is 2. The van der Waals surface area contributed by atoms with Crippen molar-refractivity contribution in [2.75, 3.05) is 13.2 Å². The van der Waals surface area contributed by atoms with Crippen LogP contribution in [0.2, 0.25) is 0 Å². The largest absolute Gasteiger partial charge is 0.462 e. The van der Waals surface area contributed by atoms with Gasteiger partial charge in [0, 0.05) is 12.8 Å². The number of allylic oxidation sites excluding steroid dienone is 4. The van der Waals surface area contributed by atoms with Crippen LogP contribution in [0.3, 0.4) is 0 Å². The molecule has 0 aliphatic rings. The van der Waals surface area contributed by atoms with Crippen LogP contribution in [0.5, 0.6) is 0 Å². The third kappa shape index (κ3) is 66.9. The Hall–Kier alpha value is -1.62. The van der Waals surface area contributed by atoms with Crippen LogP contribution in [0.15, 0.2) is 24.3 Å². The van der Waals surface area contributed by atoms with E-state index in [2.05, 4.69) is 38.2 Å². The lowest BCUT2D eigenvalue weighted by Gasteiger charge is -2.15. The highest BCUT2D eigenvalue weighted by molar-refractivity contribution is 5.70. The van der Waals surface area contributed by atoms with Gasteiger partial charge in [0.2, 0.25) is 0 Å². The molecule has 0 amide bonds. The molecule has 0 spiro atoms. The summed E-state index contributed by atoms with van der Waals surface area (Å²) in [5, 5.41) is 9.71. The fraction of sp³-hybridized carbons (Fsp3) is 0.918. The SMILES string of the molecule is CCCCCCCCCC/C=C\CCCCCCCCCCCCCCCCCCCCCCCC(=O)OC(CO)COC(=O)CCCCCCCCCCCCCCCCCCCCC/C=C\CCCCCCCCCC. The fourth-order valence-corrected chi connectivity index (χ4v) is 11.3. The van der Waals surface area contributed by atoms with Gasteiger partial charge in [0.25, 0.3) is 0 Å². The normalized spacial score (nSPS) is 12.2. The Morgan fingerprint density at radius 1 is 0.282 bits per heavy atom. The molecule has 1 unspecified atom stereocenters. The first-order chi connectivity index (χ1) is 38.6. The minimum Gasteiger partial charge on any atom is -0.462 e. The molecule has 1 atom stereocenters. The van der Waals surface area contributed by atoms with E-state index in [0.29, 0.717) is 12.8 Å². The predicted octanol–water partition coefficient (Wildman–Crippen LogP) is 24.8. The Kier molecular flexibility index (Phi) is 68.2. The second-order valence-corrected chi connectivity index (χ2v) is 24.7. The highest BCUT2D eigenvalue weighted by Gasteiger charge is 2.16. The van der Waals surface area contributed by atoms with E-state index in [9.17, 15) is 14.7 Å². The second kappa shape index (κ2) is 69.6. The maximum Gasteiger partial charge on any atom is 0.306 e. The smallest absolute Gasteiger partial charge is 0.306 e. The molecule has 0 aromatic heterocycles. The van der Waals surface area contributed by atoms with E-state index in [0.717, 1.165) is 32.1 Å². The zero-order chi connectivity index (χ0) is 56.2. The summed E-state index contributed by atoms with van der Waals surface area (Å²) in [6.45, 7) is 4.21. The van der Waals surface area contributed by atoms with E-state index in [1.165, 1.54) is 353 Å². The fourth-order valence-electron chi connectivity index (χ4n) is 11.3. The summed E-state index contributed by atoms with van der Waals surface area (Å²) < 4.78 is 10.8. The van der Waals surface area contributed by atoms with E-state index in [-0.39, 0.29) is 25.2 Å². The van der Waals surface area contributed by atoms with Gasteiger partial charge in [-0.15, -0.1) is 0 Å². The van der Waals surface area contributed by atoms with Crippen molar-refractivity contribution in [3.05, 3.63) is 24.3 Å². The molecule has 1 N–H and O–H groups in total. The monoisotopic (exact) mass is 1100 g/mol. The van der Waals surface area contributed by atoms with Crippen molar-refractivity contribution in [3.8, 4) is 0 Å². The molecule has 5 heteroatoms. The molecule has 0 aromatic rings. The lowest BCUT2D eigenvalue weighted by atomic mass is 10.0. The molecule has 0 aliphatic heterocycles. The van der Waals surface area contributed by atoms with Crippen molar-refractivity contribution in [3.63, 3.8) is 0 Å².